The van der Waals surface area contributed by atoms with E-state index in [-0.39, 0.29) is 29.3 Å². The second-order valence-corrected chi connectivity index (χ2v) is 8.78. The van der Waals surface area contributed by atoms with Crippen LogP contribution in [0.15, 0.2) is 35.5 Å². The SMILES string of the molecule is Cn1cc(CN2C(=O)Cc3ccc(S(=O)(=O)NC4(C#N)CC4)cc3C2=O)cn1. The van der Waals surface area contributed by atoms with Crippen molar-refractivity contribution in [2.45, 2.75) is 36.2 Å². The van der Waals surface area contributed by atoms with Crippen molar-refractivity contribution in [3.63, 3.8) is 0 Å². The summed E-state index contributed by atoms with van der Waals surface area (Å²) in [6.07, 6.45) is 4.20. The molecule has 28 heavy (non-hydrogen) atoms. The van der Waals surface area contributed by atoms with E-state index in [4.69, 9.17) is 5.26 Å². The monoisotopic (exact) mass is 399 g/mol. The van der Waals surface area contributed by atoms with Gasteiger partial charge in [0.15, 0.2) is 0 Å². The first-order valence-corrected chi connectivity index (χ1v) is 10.1. The number of nitrogens with zero attached hydrogens (tertiary/aromatic N) is 4. The van der Waals surface area contributed by atoms with E-state index in [2.05, 4.69) is 9.82 Å². The van der Waals surface area contributed by atoms with Crippen LogP contribution in [-0.4, -0.2) is 40.5 Å². The van der Waals surface area contributed by atoms with E-state index in [1.165, 1.54) is 18.2 Å². The number of sulfonamides is 1. The van der Waals surface area contributed by atoms with Gasteiger partial charge < -0.3 is 0 Å². The maximum absolute atomic E-state index is 12.9. The van der Waals surface area contributed by atoms with Crippen LogP contribution in [0.25, 0.3) is 0 Å². The molecule has 1 saturated carbocycles. The molecular weight excluding hydrogens is 382 g/mol. The Balaban J connectivity index is 1.64. The molecule has 1 aliphatic heterocycles. The highest BCUT2D eigenvalue weighted by molar-refractivity contribution is 7.89. The van der Waals surface area contributed by atoms with Crippen molar-refractivity contribution < 1.29 is 18.0 Å². The van der Waals surface area contributed by atoms with E-state index < -0.39 is 21.5 Å². The summed E-state index contributed by atoms with van der Waals surface area (Å²) in [7, 11) is -2.22. The van der Waals surface area contributed by atoms with Gasteiger partial charge >= 0.3 is 0 Å². The van der Waals surface area contributed by atoms with E-state index in [1.54, 1.807) is 24.1 Å². The normalized spacial score (nSPS) is 17.9. The molecule has 0 bridgehead atoms. The fourth-order valence-electron chi connectivity index (χ4n) is 3.17. The van der Waals surface area contributed by atoms with Crippen LogP contribution in [0.3, 0.4) is 0 Å². The van der Waals surface area contributed by atoms with Gasteiger partial charge in [-0.25, -0.2) is 8.42 Å². The number of benzene rings is 1. The van der Waals surface area contributed by atoms with Crippen molar-refractivity contribution in [3.8, 4) is 6.07 Å². The van der Waals surface area contributed by atoms with Crippen molar-refractivity contribution in [1.82, 2.24) is 19.4 Å². The molecule has 0 saturated heterocycles. The third-order valence-corrected chi connectivity index (χ3v) is 6.44. The first kappa shape index (κ1) is 18.3. The Morgan fingerprint density at radius 2 is 2.07 bits per heavy atom. The molecule has 1 aromatic heterocycles. The number of hydrogen-bond donors (Lipinski definition) is 1. The molecule has 2 heterocycles. The Bertz CT molecular complexity index is 1140. The van der Waals surface area contributed by atoms with Gasteiger partial charge in [0.05, 0.1) is 30.1 Å². The third kappa shape index (κ3) is 3.19. The lowest BCUT2D eigenvalue weighted by Crippen LogP contribution is -2.42. The van der Waals surface area contributed by atoms with Gasteiger partial charge in [-0.1, -0.05) is 6.07 Å². The third-order valence-electron chi connectivity index (χ3n) is 4.90. The van der Waals surface area contributed by atoms with Crippen LogP contribution < -0.4 is 4.72 Å². The Labute approximate surface area is 161 Å². The molecule has 1 aromatic carbocycles. The zero-order valence-electron chi connectivity index (χ0n) is 15.0. The van der Waals surface area contributed by atoms with E-state index in [9.17, 15) is 18.0 Å². The lowest BCUT2D eigenvalue weighted by atomic mass is 9.98. The van der Waals surface area contributed by atoms with Crippen molar-refractivity contribution in [2.75, 3.05) is 0 Å². The minimum absolute atomic E-state index is 0.0111. The fraction of sp³-hybridized carbons (Fsp3) is 0.333. The molecule has 1 fully saturated rings. The molecule has 2 amide bonds. The number of nitrogens with one attached hydrogen (secondary N) is 1. The first-order valence-electron chi connectivity index (χ1n) is 8.63. The predicted molar refractivity (Wildman–Crippen MR) is 96.1 cm³/mol. The highest BCUT2D eigenvalue weighted by Gasteiger charge is 2.47. The van der Waals surface area contributed by atoms with Gasteiger partial charge in [-0.05, 0) is 30.5 Å². The smallest absolute Gasteiger partial charge is 0.261 e. The summed E-state index contributed by atoms with van der Waals surface area (Å²) in [5.41, 5.74) is 0.301. The lowest BCUT2D eigenvalue weighted by Gasteiger charge is -2.27. The maximum Gasteiger partial charge on any atom is 0.261 e. The molecule has 0 atom stereocenters. The van der Waals surface area contributed by atoms with Crippen molar-refractivity contribution in [3.05, 3.63) is 47.3 Å². The topological polar surface area (TPSA) is 125 Å². The van der Waals surface area contributed by atoms with Gasteiger partial charge in [0.1, 0.15) is 5.54 Å². The number of carbonyl (C=O) groups is 2. The largest absolute Gasteiger partial charge is 0.275 e. The molecule has 0 unspecified atom stereocenters. The van der Waals surface area contributed by atoms with Gasteiger partial charge in [-0.15, -0.1) is 0 Å². The number of imide groups is 1. The van der Waals surface area contributed by atoms with Crippen LogP contribution in [0.1, 0.15) is 34.3 Å². The van der Waals surface area contributed by atoms with Crippen molar-refractivity contribution >= 4 is 21.8 Å². The molecule has 1 N–H and O–H groups in total. The molecule has 9 nitrogen and oxygen atoms in total. The minimum atomic E-state index is -3.95. The molecule has 1 aliphatic carbocycles. The summed E-state index contributed by atoms with van der Waals surface area (Å²) in [5.74, 6) is -0.898. The Hall–Kier alpha value is -3.03. The molecule has 144 valence electrons. The van der Waals surface area contributed by atoms with Crippen LogP contribution in [0.2, 0.25) is 0 Å². The number of rotatable bonds is 5. The van der Waals surface area contributed by atoms with Crippen molar-refractivity contribution in [2.24, 2.45) is 7.05 Å². The summed E-state index contributed by atoms with van der Waals surface area (Å²) in [6.45, 7) is 0.0672. The average Bonchev–Trinajstić information content (AvgIpc) is 3.29. The minimum Gasteiger partial charge on any atom is -0.275 e. The summed E-state index contributed by atoms with van der Waals surface area (Å²) >= 11 is 0. The van der Waals surface area contributed by atoms with Crippen LogP contribution in [0, 0.1) is 11.3 Å². The lowest BCUT2D eigenvalue weighted by molar-refractivity contribution is -0.128. The first-order chi connectivity index (χ1) is 13.2. The van der Waals surface area contributed by atoms with Crippen LogP contribution in [0.4, 0.5) is 0 Å². The second kappa shape index (κ2) is 6.25. The maximum atomic E-state index is 12.9. The van der Waals surface area contributed by atoms with Gasteiger partial charge in [0, 0.05) is 24.4 Å². The number of fused-ring (bicyclic) bond motifs is 1. The van der Waals surface area contributed by atoms with Crippen LogP contribution in [0.5, 0.6) is 0 Å². The summed E-state index contributed by atoms with van der Waals surface area (Å²) < 4.78 is 29.2. The number of aryl methyl sites for hydroxylation is 1. The highest BCUT2D eigenvalue weighted by Crippen LogP contribution is 2.36. The highest BCUT2D eigenvalue weighted by atomic mass is 32.2. The Morgan fingerprint density at radius 3 is 2.68 bits per heavy atom. The molecular formula is C18H17N5O4S. The van der Waals surface area contributed by atoms with E-state index in [1.807, 2.05) is 6.07 Å². The van der Waals surface area contributed by atoms with Gasteiger partial charge in [0.25, 0.3) is 5.91 Å². The Kier molecular flexibility index (Phi) is 4.10. The molecule has 2 aromatic rings. The molecule has 0 radical (unpaired) electrons. The van der Waals surface area contributed by atoms with E-state index in [0.29, 0.717) is 24.0 Å². The molecule has 4 rings (SSSR count). The number of aromatic nitrogens is 2. The number of nitriles is 1. The van der Waals surface area contributed by atoms with Gasteiger partial charge in [0.2, 0.25) is 15.9 Å². The second-order valence-electron chi connectivity index (χ2n) is 7.10. The number of carbonyl (C=O) groups excluding carboxylic acids is 2. The summed E-state index contributed by atoms with van der Waals surface area (Å²) in [6, 6.07) is 6.08. The molecule has 0 spiro atoms. The fourth-order valence-corrected chi connectivity index (χ4v) is 4.57. The zero-order valence-corrected chi connectivity index (χ0v) is 15.9. The molecule has 10 heteroatoms. The average molecular weight is 399 g/mol. The summed E-state index contributed by atoms with van der Waals surface area (Å²) in [4.78, 5) is 26.3. The Morgan fingerprint density at radius 1 is 1.32 bits per heavy atom. The van der Waals surface area contributed by atoms with Crippen LogP contribution in [-0.2, 0) is 34.8 Å². The van der Waals surface area contributed by atoms with E-state index >= 15 is 0 Å². The summed E-state index contributed by atoms with van der Waals surface area (Å²) in [5, 5.41) is 13.1. The zero-order chi connectivity index (χ0) is 20.1. The van der Waals surface area contributed by atoms with Gasteiger partial charge in [-0.2, -0.15) is 15.1 Å². The van der Waals surface area contributed by atoms with Crippen LogP contribution >= 0.6 is 0 Å². The quantitative estimate of drug-likeness (QED) is 0.729. The van der Waals surface area contributed by atoms with E-state index in [0.717, 1.165) is 4.90 Å². The predicted octanol–water partition coefficient (Wildman–Crippen LogP) is 0.480. The molecule has 2 aliphatic rings. The standard InChI is InChI=1S/C18H17N5O4S/c1-22-9-12(8-20-22)10-23-16(24)6-13-2-3-14(7-15(13)17(23)25)28(26,27)21-18(11-19)4-5-18/h2-3,7-9,21H,4-6,10H2,1H3. The number of hydrogen-bond acceptors (Lipinski definition) is 6. The number of amides is 2. The van der Waals surface area contributed by atoms with Crippen molar-refractivity contribution in [1.29, 1.82) is 5.26 Å². The van der Waals surface area contributed by atoms with Gasteiger partial charge in [-0.3, -0.25) is 19.2 Å².